The Labute approximate surface area is 121 Å². The number of benzene rings is 2. The molecular weight excluding hydrogens is 283 g/mol. The minimum atomic E-state index is -0.973. The van der Waals surface area contributed by atoms with Gasteiger partial charge in [0.05, 0.1) is 5.56 Å². The van der Waals surface area contributed by atoms with E-state index in [1.165, 1.54) is 6.07 Å². The number of rotatable bonds is 2. The van der Waals surface area contributed by atoms with E-state index in [-0.39, 0.29) is 5.56 Å². The van der Waals surface area contributed by atoms with E-state index in [2.05, 4.69) is 0 Å². The Morgan fingerprint density at radius 2 is 1.68 bits per heavy atom. The lowest BCUT2D eigenvalue weighted by Gasteiger charge is -2.12. The zero-order valence-corrected chi connectivity index (χ0v) is 12.0. The molecule has 0 fully saturated rings. The molecule has 0 unspecified atom stereocenters. The molecule has 2 aromatic rings. The average molecular weight is 295 g/mol. The van der Waals surface area contributed by atoms with Crippen molar-refractivity contribution in [2.75, 3.05) is 0 Å². The van der Waals surface area contributed by atoms with Gasteiger partial charge in [0.1, 0.15) is 0 Å². The highest BCUT2D eigenvalue weighted by Gasteiger charge is 2.15. The topological polar surface area (TPSA) is 37.3 Å². The molecule has 0 amide bonds. The van der Waals surface area contributed by atoms with Crippen LogP contribution in [-0.4, -0.2) is 11.1 Å². The number of halogens is 2. The fourth-order valence-corrected chi connectivity index (χ4v) is 2.39. The molecule has 0 heterocycles. The monoisotopic (exact) mass is 294 g/mol. The Morgan fingerprint density at radius 3 is 2.32 bits per heavy atom. The van der Waals surface area contributed by atoms with Crippen LogP contribution in [0.25, 0.3) is 11.1 Å². The predicted molar refractivity (Wildman–Crippen MR) is 78.3 cm³/mol. The van der Waals surface area contributed by atoms with Crippen LogP contribution in [0, 0.1) is 13.8 Å². The highest BCUT2D eigenvalue weighted by atomic mass is 35.5. The molecule has 0 saturated heterocycles. The van der Waals surface area contributed by atoms with Crippen LogP contribution in [0.1, 0.15) is 21.5 Å². The third-order valence-electron chi connectivity index (χ3n) is 3.01. The normalized spacial score (nSPS) is 10.5. The van der Waals surface area contributed by atoms with E-state index >= 15 is 0 Å². The van der Waals surface area contributed by atoms with E-state index in [4.69, 9.17) is 23.2 Å². The predicted octanol–water partition coefficient (Wildman–Crippen LogP) is 4.98. The molecule has 0 saturated carbocycles. The first-order valence-corrected chi connectivity index (χ1v) is 6.45. The zero-order chi connectivity index (χ0) is 14.2. The largest absolute Gasteiger partial charge is 0.478 e. The van der Waals surface area contributed by atoms with Gasteiger partial charge in [0, 0.05) is 10.0 Å². The number of carbonyl (C=O) groups is 1. The van der Waals surface area contributed by atoms with E-state index in [0.29, 0.717) is 15.6 Å². The van der Waals surface area contributed by atoms with Gasteiger partial charge >= 0.3 is 5.97 Å². The van der Waals surface area contributed by atoms with Crippen molar-refractivity contribution >= 4 is 29.2 Å². The molecule has 0 atom stereocenters. The van der Waals surface area contributed by atoms with Crippen LogP contribution >= 0.6 is 23.2 Å². The molecular formula is C15H12Cl2O2. The second-order valence-electron chi connectivity index (χ2n) is 4.41. The molecule has 0 radical (unpaired) electrons. The molecule has 0 aliphatic heterocycles. The van der Waals surface area contributed by atoms with Gasteiger partial charge in [-0.3, -0.25) is 0 Å². The second kappa shape index (κ2) is 5.24. The highest BCUT2D eigenvalue weighted by Crippen LogP contribution is 2.32. The Morgan fingerprint density at radius 1 is 1.00 bits per heavy atom. The van der Waals surface area contributed by atoms with Crippen LogP contribution in [0.4, 0.5) is 0 Å². The number of aromatic carboxylic acids is 1. The van der Waals surface area contributed by atoms with Gasteiger partial charge in [0.2, 0.25) is 0 Å². The molecule has 19 heavy (non-hydrogen) atoms. The maximum absolute atomic E-state index is 11.3. The van der Waals surface area contributed by atoms with Crippen LogP contribution < -0.4 is 0 Å². The van der Waals surface area contributed by atoms with Gasteiger partial charge in [0.25, 0.3) is 0 Å². The number of carboxylic acid groups (broad SMARTS) is 1. The summed E-state index contributed by atoms with van der Waals surface area (Å²) in [5.41, 5.74) is 3.49. The molecule has 2 rings (SSSR count). The Kier molecular flexibility index (Phi) is 3.83. The fourth-order valence-electron chi connectivity index (χ4n) is 2.00. The van der Waals surface area contributed by atoms with Gasteiger partial charge in [0.15, 0.2) is 0 Å². The van der Waals surface area contributed by atoms with Crippen molar-refractivity contribution in [3.05, 3.63) is 57.1 Å². The van der Waals surface area contributed by atoms with Crippen molar-refractivity contribution in [3.63, 3.8) is 0 Å². The van der Waals surface area contributed by atoms with E-state index in [9.17, 15) is 9.90 Å². The molecule has 2 aromatic carbocycles. The van der Waals surface area contributed by atoms with Crippen LogP contribution in [0.3, 0.4) is 0 Å². The van der Waals surface area contributed by atoms with Gasteiger partial charge in [-0.25, -0.2) is 4.79 Å². The van der Waals surface area contributed by atoms with Crippen LogP contribution in [0.15, 0.2) is 30.3 Å². The first-order valence-electron chi connectivity index (χ1n) is 5.70. The van der Waals surface area contributed by atoms with Gasteiger partial charge in [-0.15, -0.1) is 0 Å². The van der Waals surface area contributed by atoms with Gasteiger partial charge in [-0.05, 0) is 66.4 Å². The molecule has 0 aliphatic carbocycles. The number of hydrogen-bond acceptors (Lipinski definition) is 1. The van der Waals surface area contributed by atoms with Crippen molar-refractivity contribution in [1.29, 1.82) is 0 Å². The standard InChI is InChI=1S/C15H12Cl2O2/c1-8-6-14(17)9(2)5-12(8)13-7-10(16)3-4-11(13)15(18)19/h3-7H,1-2H3,(H,18,19). The number of aryl methyl sites for hydroxylation is 2. The highest BCUT2D eigenvalue weighted by molar-refractivity contribution is 6.32. The van der Waals surface area contributed by atoms with E-state index < -0.39 is 5.97 Å². The summed E-state index contributed by atoms with van der Waals surface area (Å²) in [6, 6.07) is 8.48. The lowest BCUT2D eigenvalue weighted by Crippen LogP contribution is -2.00. The summed E-state index contributed by atoms with van der Waals surface area (Å²) < 4.78 is 0. The summed E-state index contributed by atoms with van der Waals surface area (Å²) in [6.45, 7) is 3.78. The van der Waals surface area contributed by atoms with Gasteiger partial charge in [-0.2, -0.15) is 0 Å². The molecule has 98 valence electrons. The lowest BCUT2D eigenvalue weighted by atomic mass is 9.94. The Balaban J connectivity index is 2.74. The maximum Gasteiger partial charge on any atom is 0.336 e. The second-order valence-corrected chi connectivity index (χ2v) is 5.26. The Bertz CT molecular complexity index is 663. The first-order chi connectivity index (χ1) is 8.90. The van der Waals surface area contributed by atoms with E-state index in [1.807, 2.05) is 26.0 Å². The molecule has 0 aliphatic rings. The van der Waals surface area contributed by atoms with E-state index in [0.717, 1.165) is 16.7 Å². The zero-order valence-electron chi connectivity index (χ0n) is 10.5. The first kappa shape index (κ1) is 13.9. The number of hydrogen-bond donors (Lipinski definition) is 1. The molecule has 0 aromatic heterocycles. The maximum atomic E-state index is 11.3. The third kappa shape index (κ3) is 2.75. The summed E-state index contributed by atoms with van der Waals surface area (Å²) in [4.78, 5) is 11.3. The molecule has 0 spiro atoms. The smallest absolute Gasteiger partial charge is 0.336 e. The van der Waals surface area contributed by atoms with Crippen LogP contribution in [0.2, 0.25) is 10.0 Å². The molecule has 2 nitrogen and oxygen atoms in total. The molecule has 0 bridgehead atoms. The van der Waals surface area contributed by atoms with Crippen molar-refractivity contribution < 1.29 is 9.90 Å². The van der Waals surface area contributed by atoms with Crippen LogP contribution in [0.5, 0.6) is 0 Å². The average Bonchev–Trinajstić information content (AvgIpc) is 2.33. The molecule has 4 heteroatoms. The minimum Gasteiger partial charge on any atom is -0.478 e. The molecule has 1 N–H and O–H groups in total. The van der Waals surface area contributed by atoms with Crippen LogP contribution in [-0.2, 0) is 0 Å². The summed E-state index contributed by atoms with van der Waals surface area (Å²) >= 11 is 12.0. The summed E-state index contributed by atoms with van der Waals surface area (Å²) in [7, 11) is 0. The minimum absolute atomic E-state index is 0.231. The Hall–Kier alpha value is -1.51. The van der Waals surface area contributed by atoms with Crippen molar-refractivity contribution in [1.82, 2.24) is 0 Å². The summed E-state index contributed by atoms with van der Waals surface area (Å²) in [6.07, 6.45) is 0. The van der Waals surface area contributed by atoms with Gasteiger partial charge < -0.3 is 5.11 Å². The van der Waals surface area contributed by atoms with Crippen molar-refractivity contribution in [2.45, 2.75) is 13.8 Å². The summed E-state index contributed by atoms with van der Waals surface area (Å²) in [5.74, 6) is -0.973. The van der Waals surface area contributed by atoms with Gasteiger partial charge in [-0.1, -0.05) is 23.2 Å². The third-order valence-corrected chi connectivity index (χ3v) is 3.65. The van der Waals surface area contributed by atoms with E-state index in [1.54, 1.807) is 12.1 Å². The van der Waals surface area contributed by atoms with Crippen molar-refractivity contribution in [2.24, 2.45) is 0 Å². The van der Waals surface area contributed by atoms with Crippen molar-refractivity contribution in [3.8, 4) is 11.1 Å². The lowest BCUT2D eigenvalue weighted by molar-refractivity contribution is 0.0698. The fraction of sp³-hybridized carbons (Fsp3) is 0.133. The number of carboxylic acids is 1. The summed E-state index contributed by atoms with van der Waals surface area (Å²) in [5, 5.41) is 10.4. The SMILES string of the molecule is Cc1cc(-c2cc(Cl)ccc2C(=O)O)c(C)cc1Cl. The quantitative estimate of drug-likeness (QED) is 0.848.